The Morgan fingerprint density at radius 3 is 2.57 bits per heavy atom. The number of fused-ring (bicyclic) bond motifs is 1. The number of para-hydroxylation sites is 2. The van der Waals surface area contributed by atoms with E-state index in [9.17, 15) is 0 Å². The third-order valence-corrected chi connectivity index (χ3v) is 3.18. The lowest BCUT2D eigenvalue weighted by atomic mass is 10.1. The molecule has 0 aliphatic heterocycles. The van der Waals surface area contributed by atoms with E-state index in [0.717, 1.165) is 10.8 Å². The molecule has 0 bridgehead atoms. The fraction of sp³-hybridized carbons (Fsp3) is 0.118. The van der Waals surface area contributed by atoms with Gasteiger partial charge in [-0.15, -0.1) is 0 Å². The second kappa shape index (κ2) is 5.71. The van der Waals surface area contributed by atoms with Crippen molar-refractivity contribution < 1.29 is 9.47 Å². The Morgan fingerprint density at radius 2 is 1.76 bits per heavy atom. The van der Waals surface area contributed by atoms with Crippen molar-refractivity contribution in [1.29, 1.82) is 0 Å². The first-order valence-corrected chi connectivity index (χ1v) is 6.81. The Balaban J connectivity index is 2.05. The van der Waals surface area contributed by atoms with Gasteiger partial charge < -0.3 is 15.2 Å². The molecule has 1 heterocycles. The third kappa shape index (κ3) is 2.60. The van der Waals surface area contributed by atoms with Crippen molar-refractivity contribution in [2.24, 2.45) is 0 Å². The molecule has 0 aliphatic rings. The zero-order valence-corrected chi connectivity index (χ0v) is 11.7. The molecular formula is C17H16N2O2. The number of nitrogens with two attached hydrogens (primary N) is 1. The quantitative estimate of drug-likeness (QED) is 0.734. The standard InChI is InChI=1S/C17H16N2O2/c1-2-20-16-5-3-4-6-17(16)21-15-8-7-14(18)12-9-10-19-11-13(12)15/h3-11H,2,18H2,1H3. The molecule has 3 rings (SSSR count). The number of rotatable bonds is 4. The molecule has 3 aromatic rings. The molecule has 0 radical (unpaired) electrons. The predicted octanol–water partition coefficient (Wildman–Crippen LogP) is 4.01. The number of benzene rings is 2. The monoisotopic (exact) mass is 280 g/mol. The van der Waals surface area contributed by atoms with Crippen LogP contribution in [-0.2, 0) is 0 Å². The fourth-order valence-corrected chi connectivity index (χ4v) is 2.20. The van der Waals surface area contributed by atoms with E-state index < -0.39 is 0 Å². The lowest BCUT2D eigenvalue weighted by molar-refractivity contribution is 0.322. The van der Waals surface area contributed by atoms with Gasteiger partial charge in [0.25, 0.3) is 0 Å². The normalized spacial score (nSPS) is 10.5. The van der Waals surface area contributed by atoms with E-state index >= 15 is 0 Å². The number of nitrogen functional groups attached to an aromatic ring is 1. The van der Waals surface area contributed by atoms with E-state index in [1.165, 1.54) is 0 Å². The van der Waals surface area contributed by atoms with Gasteiger partial charge in [0, 0.05) is 28.9 Å². The summed E-state index contributed by atoms with van der Waals surface area (Å²) in [5, 5.41) is 1.81. The molecule has 106 valence electrons. The van der Waals surface area contributed by atoms with E-state index in [4.69, 9.17) is 15.2 Å². The molecule has 0 saturated carbocycles. The molecule has 0 fully saturated rings. The van der Waals surface area contributed by atoms with Crippen molar-refractivity contribution in [3.05, 3.63) is 54.9 Å². The van der Waals surface area contributed by atoms with Gasteiger partial charge in [-0.05, 0) is 37.3 Å². The van der Waals surface area contributed by atoms with Gasteiger partial charge in [0.1, 0.15) is 5.75 Å². The third-order valence-electron chi connectivity index (χ3n) is 3.18. The summed E-state index contributed by atoms with van der Waals surface area (Å²) in [6.45, 7) is 2.53. The van der Waals surface area contributed by atoms with Gasteiger partial charge in [0.15, 0.2) is 11.5 Å². The average Bonchev–Trinajstić information content (AvgIpc) is 2.52. The Bertz CT molecular complexity index is 772. The van der Waals surface area contributed by atoms with Crippen LogP contribution in [-0.4, -0.2) is 11.6 Å². The number of ether oxygens (including phenoxy) is 2. The maximum atomic E-state index is 6.01. The van der Waals surface area contributed by atoms with Crippen LogP contribution in [0.3, 0.4) is 0 Å². The Kier molecular flexibility index (Phi) is 3.60. The summed E-state index contributed by atoms with van der Waals surface area (Å²) in [5.41, 5.74) is 6.69. The van der Waals surface area contributed by atoms with Crippen molar-refractivity contribution in [2.45, 2.75) is 6.92 Å². The smallest absolute Gasteiger partial charge is 0.169 e. The van der Waals surface area contributed by atoms with E-state index in [0.29, 0.717) is 29.5 Å². The lowest BCUT2D eigenvalue weighted by Gasteiger charge is -2.13. The van der Waals surface area contributed by atoms with Crippen molar-refractivity contribution in [1.82, 2.24) is 4.98 Å². The maximum absolute atomic E-state index is 6.01. The molecule has 4 heteroatoms. The van der Waals surface area contributed by atoms with Gasteiger partial charge in [-0.3, -0.25) is 4.98 Å². The Labute approximate surface area is 123 Å². The minimum absolute atomic E-state index is 0.588. The summed E-state index contributed by atoms with van der Waals surface area (Å²) in [6, 6.07) is 13.2. The molecule has 0 saturated heterocycles. The van der Waals surface area contributed by atoms with Crippen LogP contribution in [0.2, 0.25) is 0 Å². The molecule has 21 heavy (non-hydrogen) atoms. The molecule has 4 nitrogen and oxygen atoms in total. The topological polar surface area (TPSA) is 57.4 Å². The van der Waals surface area contributed by atoms with Crippen LogP contribution in [0, 0.1) is 0 Å². The SMILES string of the molecule is CCOc1ccccc1Oc1ccc(N)c2ccncc12. The second-order valence-corrected chi connectivity index (χ2v) is 4.56. The summed E-state index contributed by atoms with van der Waals surface area (Å²) in [5.74, 6) is 2.10. The fourth-order valence-electron chi connectivity index (χ4n) is 2.20. The van der Waals surface area contributed by atoms with E-state index in [-0.39, 0.29) is 0 Å². The Morgan fingerprint density at radius 1 is 0.952 bits per heavy atom. The zero-order valence-electron chi connectivity index (χ0n) is 11.7. The van der Waals surface area contributed by atoms with Crippen molar-refractivity contribution in [3.8, 4) is 17.2 Å². The molecule has 0 aliphatic carbocycles. The number of hydrogen-bond acceptors (Lipinski definition) is 4. The van der Waals surface area contributed by atoms with Crippen LogP contribution in [0.15, 0.2) is 54.9 Å². The van der Waals surface area contributed by atoms with Crippen LogP contribution in [0.4, 0.5) is 5.69 Å². The van der Waals surface area contributed by atoms with Gasteiger partial charge in [-0.25, -0.2) is 0 Å². The molecule has 1 aromatic heterocycles. The lowest BCUT2D eigenvalue weighted by Crippen LogP contribution is -1.96. The predicted molar refractivity (Wildman–Crippen MR) is 83.8 cm³/mol. The van der Waals surface area contributed by atoms with E-state index in [1.807, 2.05) is 49.4 Å². The molecule has 0 unspecified atom stereocenters. The maximum Gasteiger partial charge on any atom is 0.169 e. The van der Waals surface area contributed by atoms with Crippen LogP contribution in [0.25, 0.3) is 10.8 Å². The molecular weight excluding hydrogens is 264 g/mol. The molecule has 0 atom stereocenters. The van der Waals surface area contributed by atoms with Crippen molar-refractivity contribution in [2.75, 3.05) is 12.3 Å². The van der Waals surface area contributed by atoms with Crippen molar-refractivity contribution in [3.63, 3.8) is 0 Å². The zero-order chi connectivity index (χ0) is 14.7. The highest BCUT2D eigenvalue weighted by molar-refractivity contribution is 5.96. The minimum atomic E-state index is 0.588. The van der Waals surface area contributed by atoms with Crippen LogP contribution in [0.1, 0.15) is 6.92 Å². The van der Waals surface area contributed by atoms with Crippen molar-refractivity contribution >= 4 is 16.5 Å². The largest absolute Gasteiger partial charge is 0.490 e. The number of nitrogens with zero attached hydrogens (tertiary/aromatic N) is 1. The number of pyridine rings is 1. The highest BCUT2D eigenvalue weighted by Crippen LogP contribution is 2.36. The minimum Gasteiger partial charge on any atom is -0.490 e. The highest BCUT2D eigenvalue weighted by Gasteiger charge is 2.09. The van der Waals surface area contributed by atoms with E-state index in [2.05, 4.69) is 4.98 Å². The first-order valence-electron chi connectivity index (χ1n) is 6.81. The summed E-state index contributed by atoms with van der Waals surface area (Å²) >= 11 is 0. The second-order valence-electron chi connectivity index (χ2n) is 4.56. The summed E-state index contributed by atoms with van der Waals surface area (Å²) in [6.07, 6.45) is 3.47. The van der Waals surface area contributed by atoms with E-state index in [1.54, 1.807) is 12.4 Å². The Hall–Kier alpha value is -2.75. The molecule has 2 N–H and O–H groups in total. The highest BCUT2D eigenvalue weighted by atomic mass is 16.5. The summed E-state index contributed by atoms with van der Waals surface area (Å²) < 4.78 is 11.6. The van der Waals surface area contributed by atoms with Gasteiger partial charge >= 0.3 is 0 Å². The molecule has 0 amide bonds. The van der Waals surface area contributed by atoms with Gasteiger partial charge in [-0.2, -0.15) is 0 Å². The van der Waals surface area contributed by atoms with Crippen LogP contribution < -0.4 is 15.2 Å². The summed E-state index contributed by atoms with van der Waals surface area (Å²) in [4.78, 5) is 4.15. The molecule has 2 aromatic carbocycles. The number of anilines is 1. The van der Waals surface area contributed by atoms with Gasteiger partial charge in [0.2, 0.25) is 0 Å². The van der Waals surface area contributed by atoms with Crippen LogP contribution >= 0.6 is 0 Å². The van der Waals surface area contributed by atoms with Gasteiger partial charge in [0.05, 0.1) is 6.61 Å². The molecule has 0 spiro atoms. The number of aromatic nitrogens is 1. The first-order chi connectivity index (χ1) is 10.3. The number of hydrogen-bond donors (Lipinski definition) is 1. The average molecular weight is 280 g/mol. The van der Waals surface area contributed by atoms with Crippen LogP contribution in [0.5, 0.6) is 17.2 Å². The van der Waals surface area contributed by atoms with Gasteiger partial charge in [-0.1, -0.05) is 12.1 Å². The first kappa shape index (κ1) is 13.2. The summed E-state index contributed by atoms with van der Waals surface area (Å²) in [7, 11) is 0.